The average molecular weight is 430 g/mol. The Hall–Kier alpha value is -3.07. The van der Waals surface area contributed by atoms with Gasteiger partial charge in [-0.05, 0) is 43.3 Å². The Balaban J connectivity index is 2.07. The molecule has 0 bridgehead atoms. The quantitative estimate of drug-likeness (QED) is 0.635. The second-order valence-corrected chi connectivity index (χ2v) is 6.04. The standard InChI is InChI=1S/C19H18ClF2NO6/c1-10(28-15-6-4-11(18(25)27-3)8-16(15)26-2)17(24)23-12-5-7-14(13(20)9-12)29-19(21)22/h4-10,19H,1-3H3,(H,23,24). The van der Waals surface area contributed by atoms with Crippen LogP contribution in [0.5, 0.6) is 17.2 Å². The van der Waals surface area contributed by atoms with Crippen LogP contribution in [-0.4, -0.2) is 38.8 Å². The van der Waals surface area contributed by atoms with Gasteiger partial charge in [-0.25, -0.2) is 4.79 Å². The van der Waals surface area contributed by atoms with Crippen LogP contribution in [0.2, 0.25) is 5.02 Å². The Morgan fingerprint density at radius 3 is 2.28 bits per heavy atom. The van der Waals surface area contributed by atoms with Crippen LogP contribution in [0.25, 0.3) is 0 Å². The average Bonchev–Trinajstić information content (AvgIpc) is 2.69. The van der Waals surface area contributed by atoms with Gasteiger partial charge in [-0.3, -0.25) is 4.79 Å². The van der Waals surface area contributed by atoms with Crippen LogP contribution in [0.4, 0.5) is 14.5 Å². The fourth-order valence-electron chi connectivity index (χ4n) is 2.27. The number of methoxy groups -OCH3 is 2. The summed E-state index contributed by atoms with van der Waals surface area (Å²) in [7, 11) is 2.64. The molecule has 0 aliphatic rings. The van der Waals surface area contributed by atoms with Crippen molar-refractivity contribution < 1.29 is 37.3 Å². The zero-order valence-corrected chi connectivity index (χ0v) is 16.5. The van der Waals surface area contributed by atoms with E-state index >= 15 is 0 Å². The van der Waals surface area contributed by atoms with Crippen LogP contribution < -0.4 is 19.5 Å². The van der Waals surface area contributed by atoms with Crippen molar-refractivity contribution >= 4 is 29.2 Å². The molecule has 10 heteroatoms. The highest BCUT2D eigenvalue weighted by atomic mass is 35.5. The third kappa shape index (κ3) is 5.95. The number of hydrogen-bond acceptors (Lipinski definition) is 6. The smallest absolute Gasteiger partial charge is 0.387 e. The molecule has 1 amide bonds. The van der Waals surface area contributed by atoms with Crippen molar-refractivity contribution in [3.63, 3.8) is 0 Å². The molecule has 0 heterocycles. The highest BCUT2D eigenvalue weighted by molar-refractivity contribution is 6.32. The maximum absolute atomic E-state index is 12.4. The summed E-state index contributed by atoms with van der Waals surface area (Å²) in [6, 6.07) is 8.21. The molecule has 0 aliphatic heterocycles. The molecule has 0 radical (unpaired) electrons. The summed E-state index contributed by atoms with van der Waals surface area (Å²) >= 11 is 5.86. The van der Waals surface area contributed by atoms with Gasteiger partial charge >= 0.3 is 12.6 Å². The second kappa shape index (κ2) is 9.92. The molecule has 7 nitrogen and oxygen atoms in total. The van der Waals surface area contributed by atoms with E-state index in [9.17, 15) is 18.4 Å². The van der Waals surface area contributed by atoms with Crippen LogP contribution in [0.3, 0.4) is 0 Å². The van der Waals surface area contributed by atoms with Gasteiger partial charge in [-0.1, -0.05) is 11.6 Å². The van der Waals surface area contributed by atoms with Crippen LogP contribution in [0.1, 0.15) is 17.3 Å². The van der Waals surface area contributed by atoms with Crippen molar-refractivity contribution in [2.75, 3.05) is 19.5 Å². The molecule has 1 atom stereocenters. The SMILES string of the molecule is COC(=O)c1ccc(OC(C)C(=O)Nc2ccc(OC(F)F)c(Cl)c2)c(OC)c1. The lowest BCUT2D eigenvalue weighted by Crippen LogP contribution is -2.30. The Kier molecular flexibility index (Phi) is 7.60. The van der Waals surface area contributed by atoms with Gasteiger partial charge in [0.2, 0.25) is 0 Å². The van der Waals surface area contributed by atoms with E-state index in [2.05, 4.69) is 14.8 Å². The monoisotopic (exact) mass is 429 g/mol. The Bertz CT molecular complexity index is 893. The van der Waals surface area contributed by atoms with Crippen molar-refractivity contribution in [1.29, 1.82) is 0 Å². The third-order valence-electron chi connectivity index (χ3n) is 3.67. The number of hydrogen-bond donors (Lipinski definition) is 1. The summed E-state index contributed by atoms with van der Waals surface area (Å²) in [5.41, 5.74) is 0.527. The number of amides is 1. The summed E-state index contributed by atoms with van der Waals surface area (Å²) in [5.74, 6) is -0.801. The van der Waals surface area contributed by atoms with E-state index in [1.165, 1.54) is 57.5 Å². The molecular formula is C19H18ClF2NO6. The highest BCUT2D eigenvalue weighted by Crippen LogP contribution is 2.31. The van der Waals surface area contributed by atoms with Gasteiger partial charge in [-0.2, -0.15) is 8.78 Å². The van der Waals surface area contributed by atoms with E-state index < -0.39 is 24.6 Å². The minimum Gasteiger partial charge on any atom is -0.493 e. The van der Waals surface area contributed by atoms with E-state index in [0.29, 0.717) is 0 Å². The minimum absolute atomic E-state index is 0.0864. The van der Waals surface area contributed by atoms with Crippen molar-refractivity contribution in [2.45, 2.75) is 19.6 Å². The number of carbonyl (C=O) groups excluding carboxylic acids is 2. The summed E-state index contributed by atoms with van der Waals surface area (Å²) in [6.07, 6.45) is -0.955. The number of esters is 1. The van der Waals surface area contributed by atoms with Gasteiger partial charge in [0.25, 0.3) is 5.91 Å². The molecule has 1 N–H and O–H groups in total. The molecule has 2 aromatic carbocycles. The topological polar surface area (TPSA) is 83.1 Å². The maximum atomic E-state index is 12.4. The molecule has 0 fully saturated rings. The lowest BCUT2D eigenvalue weighted by atomic mass is 10.2. The Morgan fingerprint density at radius 1 is 1.00 bits per heavy atom. The number of alkyl halides is 2. The van der Waals surface area contributed by atoms with Crippen molar-refractivity contribution in [3.05, 3.63) is 47.0 Å². The molecule has 29 heavy (non-hydrogen) atoms. The Morgan fingerprint density at radius 2 is 1.69 bits per heavy atom. The van der Waals surface area contributed by atoms with Crippen LogP contribution in [0.15, 0.2) is 36.4 Å². The van der Waals surface area contributed by atoms with Crippen molar-refractivity contribution in [1.82, 2.24) is 0 Å². The maximum Gasteiger partial charge on any atom is 0.387 e. The van der Waals surface area contributed by atoms with Crippen LogP contribution >= 0.6 is 11.6 Å². The molecule has 0 saturated carbocycles. The van der Waals surface area contributed by atoms with Crippen LogP contribution in [0, 0.1) is 0 Å². The molecule has 1 unspecified atom stereocenters. The zero-order chi connectivity index (χ0) is 21.6. The van der Waals surface area contributed by atoms with E-state index in [1.807, 2.05) is 0 Å². The van der Waals surface area contributed by atoms with E-state index in [4.69, 9.17) is 21.1 Å². The number of carbonyl (C=O) groups is 2. The number of halogens is 3. The van der Waals surface area contributed by atoms with Gasteiger partial charge in [0.05, 0.1) is 24.8 Å². The Labute approximate surface area is 170 Å². The zero-order valence-electron chi connectivity index (χ0n) is 15.7. The van der Waals surface area contributed by atoms with Crippen molar-refractivity contribution in [2.24, 2.45) is 0 Å². The third-order valence-corrected chi connectivity index (χ3v) is 3.97. The first-order valence-electron chi connectivity index (χ1n) is 8.23. The predicted octanol–water partition coefficient (Wildman–Crippen LogP) is 4.14. The lowest BCUT2D eigenvalue weighted by Gasteiger charge is -2.17. The highest BCUT2D eigenvalue weighted by Gasteiger charge is 2.19. The summed E-state index contributed by atoms with van der Waals surface area (Å²) in [4.78, 5) is 24.0. The molecule has 2 aromatic rings. The molecular weight excluding hydrogens is 412 g/mol. The summed E-state index contributed by atoms with van der Waals surface area (Å²) in [5, 5.41) is 2.47. The number of nitrogens with one attached hydrogen (secondary N) is 1. The largest absolute Gasteiger partial charge is 0.493 e. The van der Waals surface area contributed by atoms with Gasteiger partial charge in [0.15, 0.2) is 17.6 Å². The fourth-order valence-corrected chi connectivity index (χ4v) is 2.49. The first-order valence-corrected chi connectivity index (χ1v) is 8.61. The first-order chi connectivity index (χ1) is 13.7. The number of rotatable bonds is 8. The van der Waals surface area contributed by atoms with Gasteiger partial charge in [0.1, 0.15) is 5.75 Å². The molecule has 0 spiro atoms. The molecule has 0 aliphatic carbocycles. The molecule has 0 aromatic heterocycles. The summed E-state index contributed by atoms with van der Waals surface area (Å²) in [6.45, 7) is -1.51. The molecule has 156 valence electrons. The normalized spacial score (nSPS) is 11.6. The van der Waals surface area contributed by atoms with E-state index in [1.54, 1.807) is 0 Å². The van der Waals surface area contributed by atoms with Gasteiger partial charge in [-0.15, -0.1) is 0 Å². The second-order valence-electron chi connectivity index (χ2n) is 5.63. The van der Waals surface area contributed by atoms with Gasteiger partial charge < -0.3 is 24.3 Å². The minimum atomic E-state index is -3.01. The molecule has 0 saturated heterocycles. The number of ether oxygens (including phenoxy) is 4. The predicted molar refractivity (Wildman–Crippen MR) is 101 cm³/mol. The fraction of sp³-hybridized carbons (Fsp3) is 0.263. The van der Waals surface area contributed by atoms with Crippen molar-refractivity contribution in [3.8, 4) is 17.2 Å². The van der Waals surface area contributed by atoms with Gasteiger partial charge in [0, 0.05) is 5.69 Å². The lowest BCUT2D eigenvalue weighted by molar-refractivity contribution is -0.122. The number of anilines is 1. The summed E-state index contributed by atoms with van der Waals surface area (Å²) < 4.78 is 44.2. The number of benzene rings is 2. The van der Waals surface area contributed by atoms with E-state index in [-0.39, 0.29) is 33.5 Å². The first kappa shape index (κ1) is 22.2. The molecule has 2 rings (SSSR count). The van der Waals surface area contributed by atoms with Crippen LogP contribution in [-0.2, 0) is 9.53 Å². The van der Waals surface area contributed by atoms with E-state index in [0.717, 1.165) is 0 Å².